The van der Waals surface area contributed by atoms with Crippen molar-refractivity contribution in [2.24, 2.45) is 5.92 Å². The van der Waals surface area contributed by atoms with Crippen LogP contribution in [0.25, 0.3) is 0 Å². The molecule has 0 aromatic heterocycles. The molecule has 1 amide bonds. The molecule has 0 aromatic carbocycles. The Labute approximate surface area is 53.4 Å². The van der Waals surface area contributed by atoms with Gasteiger partial charge < -0.3 is 10.1 Å². The van der Waals surface area contributed by atoms with E-state index in [4.69, 9.17) is 4.74 Å². The molecule has 1 unspecified atom stereocenters. The fourth-order valence-corrected chi connectivity index (χ4v) is 1.15. The second kappa shape index (κ2) is 1.62. The minimum Gasteiger partial charge on any atom is -0.447 e. The lowest BCUT2D eigenvalue weighted by Gasteiger charge is -2.00. The number of ether oxygens (including phenoxy) is 1. The third kappa shape index (κ3) is 0.866. The third-order valence-electron chi connectivity index (χ3n) is 1.89. The standard InChI is InChI=1S/C6H9NO2/c8-6-7-5(3-9-6)4-1-2-4/h4-5H,1-3H2,(H,7,8). The molecular weight excluding hydrogens is 118 g/mol. The summed E-state index contributed by atoms with van der Waals surface area (Å²) in [6, 6.07) is 0.331. The summed E-state index contributed by atoms with van der Waals surface area (Å²) >= 11 is 0. The van der Waals surface area contributed by atoms with Gasteiger partial charge in [0.15, 0.2) is 0 Å². The number of amides is 1. The molecule has 0 radical (unpaired) electrons. The molecule has 2 rings (SSSR count). The fraction of sp³-hybridized carbons (Fsp3) is 0.833. The number of hydrogen-bond acceptors (Lipinski definition) is 2. The van der Waals surface area contributed by atoms with Crippen molar-refractivity contribution >= 4 is 6.09 Å². The molecule has 0 aromatic rings. The quantitative estimate of drug-likeness (QED) is 0.557. The lowest BCUT2D eigenvalue weighted by molar-refractivity contribution is 0.176. The molecule has 2 fully saturated rings. The summed E-state index contributed by atoms with van der Waals surface area (Å²) in [5.41, 5.74) is 0. The smallest absolute Gasteiger partial charge is 0.407 e. The molecule has 1 heterocycles. The molecule has 1 aliphatic carbocycles. The van der Waals surface area contributed by atoms with Crippen molar-refractivity contribution in [3.8, 4) is 0 Å². The molecule has 1 atom stereocenters. The predicted molar refractivity (Wildman–Crippen MR) is 31.0 cm³/mol. The first-order chi connectivity index (χ1) is 4.36. The van der Waals surface area contributed by atoms with Crippen LogP contribution in [0, 0.1) is 5.92 Å². The van der Waals surface area contributed by atoms with Gasteiger partial charge in [-0.25, -0.2) is 4.79 Å². The van der Waals surface area contributed by atoms with Crippen LogP contribution in [0.4, 0.5) is 4.79 Å². The number of cyclic esters (lactones) is 1. The maximum absolute atomic E-state index is 10.5. The minimum atomic E-state index is -0.244. The zero-order chi connectivity index (χ0) is 6.27. The van der Waals surface area contributed by atoms with E-state index in [1.807, 2.05) is 0 Å². The highest BCUT2D eigenvalue weighted by atomic mass is 16.6. The van der Waals surface area contributed by atoms with E-state index in [1.165, 1.54) is 12.8 Å². The van der Waals surface area contributed by atoms with Crippen LogP contribution >= 0.6 is 0 Å². The van der Waals surface area contributed by atoms with E-state index in [0.717, 1.165) is 5.92 Å². The van der Waals surface area contributed by atoms with Crippen LogP contribution in [0.1, 0.15) is 12.8 Å². The predicted octanol–water partition coefficient (Wildman–Crippen LogP) is 0.505. The van der Waals surface area contributed by atoms with Gasteiger partial charge in [0.1, 0.15) is 6.61 Å². The molecule has 1 aliphatic heterocycles. The Morgan fingerprint density at radius 3 is 2.78 bits per heavy atom. The first kappa shape index (κ1) is 5.09. The lowest BCUT2D eigenvalue weighted by atomic mass is 10.2. The summed E-state index contributed by atoms with van der Waals surface area (Å²) in [4.78, 5) is 10.5. The van der Waals surface area contributed by atoms with E-state index >= 15 is 0 Å². The maximum atomic E-state index is 10.5. The van der Waals surface area contributed by atoms with Gasteiger partial charge in [0.05, 0.1) is 6.04 Å². The molecule has 0 bridgehead atoms. The molecule has 0 spiro atoms. The van der Waals surface area contributed by atoms with Crippen molar-refractivity contribution in [3.63, 3.8) is 0 Å². The molecule has 1 N–H and O–H groups in total. The summed E-state index contributed by atoms with van der Waals surface area (Å²) in [5.74, 6) is 0.719. The second-order valence-corrected chi connectivity index (χ2v) is 2.69. The van der Waals surface area contributed by atoms with Gasteiger partial charge in [-0.15, -0.1) is 0 Å². The second-order valence-electron chi connectivity index (χ2n) is 2.69. The highest BCUT2D eigenvalue weighted by Crippen LogP contribution is 2.33. The summed E-state index contributed by atoms with van der Waals surface area (Å²) in [5, 5.41) is 2.75. The SMILES string of the molecule is O=C1NC(C2CC2)CO1. The zero-order valence-corrected chi connectivity index (χ0v) is 5.09. The van der Waals surface area contributed by atoms with Crippen molar-refractivity contribution in [2.45, 2.75) is 18.9 Å². The van der Waals surface area contributed by atoms with Gasteiger partial charge in [0, 0.05) is 0 Å². The fourth-order valence-electron chi connectivity index (χ4n) is 1.15. The van der Waals surface area contributed by atoms with Gasteiger partial charge in [-0.1, -0.05) is 0 Å². The number of rotatable bonds is 1. The first-order valence-electron chi connectivity index (χ1n) is 3.29. The van der Waals surface area contributed by atoms with Crippen molar-refractivity contribution < 1.29 is 9.53 Å². The van der Waals surface area contributed by atoms with Crippen LogP contribution in [0.3, 0.4) is 0 Å². The summed E-state index contributed by atoms with van der Waals surface area (Å²) in [7, 11) is 0. The van der Waals surface area contributed by atoms with E-state index in [9.17, 15) is 4.79 Å². The van der Waals surface area contributed by atoms with Gasteiger partial charge in [-0.2, -0.15) is 0 Å². The van der Waals surface area contributed by atoms with Gasteiger partial charge in [0.2, 0.25) is 0 Å². The van der Waals surface area contributed by atoms with E-state index in [1.54, 1.807) is 0 Å². The number of carbonyl (C=O) groups excluding carboxylic acids is 1. The third-order valence-corrected chi connectivity index (χ3v) is 1.89. The van der Waals surface area contributed by atoms with Crippen molar-refractivity contribution in [1.82, 2.24) is 5.32 Å². The Morgan fingerprint density at radius 1 is 1.56 bits per heavy atom. The highest BCUT2D eigenvalue weighted by molar-refractivity contribution is 5.69. The van der Waals surface area contributed by atoms with Crippen LogP contribution in [0.5, 0.6) is 0 Å². The number of carbonyl (C=O) groups is 1. The molecule has 1 saturated heterocycles. The molecule has 2 aliphatic rings. The minimum absolute atomic E-state index is 0.244. The molecular formula is C6H9NO2. The number of nitrogens with one attached hydrogen (secondary N) is 1. The summed E-state index contributed by atoms with van der Waals surface area (Å²) in [6.07, 6.45) is 2.27. The number of hydrogen-bond donors (Lipinski definition) is 1. The Kier molecular flexibility index (Phi) is 0.917. The van der Waals surface area contributed by atoms with E-state index in [-0.39, 0.29) is 6.09 Å². The van der Waals surface area contributed by atoms with E-state index in [0.29, 0.717) is 12.6 Å². The lowest BCUT2D eigenvalue weighted by Crippen LogP contribution is -2.27. The van der Waals surface area contributed by atoms with Gasteiger partial charge in [-0.05, 0) is 18.8 Å². The largest absolute Gasteiger partial charge is 0.447 e. The average Bonchev–Trinajstić information content (AvgIpc) is 2.58. The van der Waals surface area contributed by atoms with Crippen LogP contribution in [0.2, 0.25) is 0 Å². The van der Waals surface area contributed by atoms with Crippen LogP contribution < -0.4 is 5.32 Å². The maximum Gasteiger partial charge on any atom is 0.407 e. The zero-order valence-electron chi connectivity index (χ0n) is 5.09. The number of alkyl carbamates (subject to hydrolysis) is 1. The molecule has 50 valence electrons. The summed E-state index contributed by atoms with van der Waals surface area (Å²) in [6.45, 7) is 0.587. The summed E-state index contributed by atoms with van der Waals surface area (Å²) < 4.78 is 4.72. The van der Waals surface area contributed by atoms with Crippen molar-refractivity contribution in [2.75, 3.05) is 6.61 Å². The van der Waals surface area contributed by atoms with Gasteiger partial charge in [-0.3, -0.25) is 0 Å². The van der Waals surface area contributed by atoms with Crippen molar-refractivity contribution in [3.05, 3.63) is 0 Å². The Morgan fingerprint density at radius 2 is 2.33 bits per heavy atom. The molecule has 3 nitrogen and oxygen atoms in total. The Balaban J connectivity index is 1.92. The van der Waals surface area contributed by atoms with Crippen LogP contribution in [-0.4, -0.2) is 18.7 Å². The van der Waals surface area contributed by atoms with Crippen molar-refractivity contribution in [1.29, 1.82) is 0 Å². The molecule has 1 saturated carbocycles. The van der Waals surface area contributed by atoms with E-state index in [2.05, 4.69) is 5.32 Å². The molecule has 3 heteroatoms. The van der Waals surface area contributed by atoms with Gasteiger partial charge >= 0.3 is 6.09 Å². The topological polar surface area (TPSA) is 38.3 Å². The van der Waals surface area contributed by atoms with Gasteiger partial charge in [0.25, 0.3) is 0 Å². The average molecular weight is 127 g/mol. The van der Waals surface area contributed by atoms with Crippen LogP contribution in [-0.2, 0) is 4.74 Å². The Hall–Kier alpha value is -0.730. The monoisotopic (exact) mass is 127 g/mol. The normalized spacial score (nSPS) is 33.8. The Bertz CT molecular complexity index is 142. The van der Waals surface area contributed by atoms with E-state index < -0.39 is 0 Å². The first-order valence-corrected chi connectivity index (χ1v) is 3.29. The highest BCUT2D eigenvalue weighted by Gasteiger charge is 2.36. The van der Waals surface area contributed by atoms with Crippen LogP contribution in [0.15, 0.2) is 0 Å². The molecule has 9 heavy (non-hydrogen) atoms.